The molecule has 0 saturated heterocycles. The molecule has 0 spiro atoms. The van der Waals surface area contributed by atoms with Crippen molar-refractivity contribution in [1.29, 1.82) is 0 Å². The van der Waals surface area contributed by atoms with E-state index < -0.39 is 10.0 Å². The van der Waals surface area contributed by atoms with Gasteiger partial charge in [-0.3, -0.25) is 0 Å². The van der Waals surface area contributed by atoms with E-state index in [2.05, 4.69) is 19.2 Å². The van der Waals surface area contributed by atoms with Crippen LogP contribution in [-0.2, 0) is 10.0 Å². The van der Waals surface area contributed by atoms with Crippen molar-refractivity contribution in [3.05, 3.63) is 18.2 Å². The normalized spacial score (nSPS) is 13.1. The molecule has 0 aromatic heterocycles. The second kappa shape index (κ2) is 6.77. The summed E-state index contributed by atoms with van der Waals surface area (Å²) >= 11 is 0. The number of nitrogens with two attached hydrogens (primary N) is 1. The van der Waals surface area contributed by atoms with Crippen LogP contribution in [0.15, 0.2) is 23.1 Å². The molecule has 1 rings (SSSR count). The van der Waals surface area contributed by atoms with Crippen molar-refractivity contribution in [2.75, 3.05) is 12.4 Å². The smallest absolute Gasteiger partial charge is 0.238 e. The highest BCUT2D eigenvalue weighted by atomic mass is 32.2. The summed E-state index contributed by atoms with van der Waals surface area (Å²) in [5.74, 6) is 0.613. The molecule has 0 bridgehead atoms. The van der Waals surface area contributed by atoms with Gasteiger partial charge >= 0.3 is 0 Å². The highest BCUT2D eigenvalue weighted by molar-refractivity contribution is 7.89. The monoisotopic (exact) mass is 286 g/mol. The summed E-state index contributed by atoms with van der Waals surface area (Å²) in [7, 11) is -2.15. The molecule has 1 aromatic carbocycles. The molecule has 3 N–H and O–H groups in total. The Kier molecular flexibility index (Phi) is 5.62. The van der Waals surface area contributed by atoms with Crippen molar-refractivity contribution in [3.63, 3.8) is 0 Å². The van der Waals surface area contributed by atoms with E-state index in [9.17, 15) is 8.42 Å². The topological polar surface area (TPSA) is 81.4 Å². The molecule has 0 heterocycles. The molecule has 0 radical (unpaired) electrons. The van der Waals surface area contributed by atoms with Gasteiger partial charge in [-0.05, 0) is 31.0 Å². The summed E-state index contributed by atoms with van der Waals surface area (Å²) < 4.78 is 28.0. The number of ether oxygens (including phenoxy) is 1. The zero-order valence-corrected chi connectivity index (χ0v) is 12.5. The molecule has 1 unspecified atom stereocenters. The van der Waals surface area contributed by atoms with Crippen molar-refractivity contribution < 1.29 is 13.2 Å². The standard InChI is InChI=1S/C13H22N2O3S/c1-4-6-10(5-2)15-12-9-11(19(14,16)17)7-8-13(12)18-3/h7-10,15H,4-6H2,1-3H3,(H2,14,16,17). The summed E-state index contributed by atoms with van der Waals surface area (Å²) in [5.41, 5.74) is 0.661. The maximum Gasteiger partial charge on any atom is 0.238 e. The fraction of sp³-hybridized carbons (Fsp3) is 0.538. The Morgan fingerprint density at radius 2 is 2.05 bits per heavy atom. The van der Waals surface area contributed by atoms with E-state index in [1.807, 2.05) is 0 Å². The molecule has 6 heteroatoms. The average Bonchev–Trinajstić information content (AvgIpc) is 2.37. The van der Waals surface area contributed by atoms with Crippen LogP contribution in [0, 0.1) is 0 Å². The third-order valence-corrected chi connectivity index (χ3v) is 3.90. The fourth-order valence-corrected chi connectivity index (χ4v) is 2.46. The molecule has 108 valence electrons. The van der Waals surface area contributed by atoms with E-state index in [1.54, 1.807) is 13.2 Å². The lowest BCUT2D eigenvalue weighted by atomic mass is 10.1. The van der Waals surface area contributed by atoms with Gasteiger partial charge in [-0.1, -0.05) is 20.3 Å². The SMILES string of the molecule is CCCC(CC)Nc1cc(S(N)(=O)=O)ccc1OC. The van der Waals surface area contributed by atoms with Crippen LogP contribution in [-0.4, -0.2) is 21.6 Å². The number of benzene rings is 1. The Bertz CT molecular complexity index is 515. The van der Waals surface area contributed by atoms with Gasteiger partial charge in [0.05, 0.1) is 17.7 Å². The highest BCUT2D eigenvalue weighted by Gasteiger charge is 2.14. The molecular weight excluding hydrogens is 264 g/mol. The lowest BCUT2D eigenvalue weighted by Gasteiger charge is -2.20. The number of sulfonamides is 1. The first-order valence-corrected chi connectivity index (χ1v) is 7.94. The van der Waals surface area contributed by atoms with Crippen molar-refractivity contribution >= 4 is 15.7 Å². The van der Waals surface area contributed by atoms with Crippen LogP contribution in [0.2, 0.25) is 0 Å². The second-order valence-corrected chi connectivity index (χ2v) is 6.01. The van der Waals surface area contributed by atoms with Crippen molar-refractivity contribution in [2.45, 2.75) is 44.0 Å². The molecule has 0 aliphatic rings. The van der Waals surface area contributed by atoms with Crippen LogP contribution in [0.3, 0.4) is 0 Å². The number of hydrogen-bond acceptors (Lipinski definition) is 4. The number of nitrogens with one attached hydrogen (secondary N) is 1. The van der Waals surface area contributed by atoms with Gasteiger partial charge in [0.15, 0.2) is 0 Å². The maximum atomic E-state index is 11.4. The molecule has 0 aliphatic carbocycles. The molecule has 5 nitrogen and oxygen atoms in total. The summed E-state index contributed by atoms with van der Waals surface area (Å²) in [6.45, 7) is 4.20. The number of rotatable bonds is 7. The number of primary sulfonamides is 1. The van der Waals surface area contributed by atoms with Crippen molar-refractivity contribution in [2.24, 2.45) is 5.14 Å². The van der Waals surface area contributed by atoms with E-state index in [0.29, 0.717) is 11.4 Å². The summed E-state index contributed by atoms with van der Waals surface area (Å²) in [6, 6.07) is 4.86. The van der Waals surface area contributed by atoms with E-state index >= 15 is 0 Å². The Morgan fingerprint density at radius 1 is 1.37 bits per heavy atom. The molecule has 0 saturated carbocycles. The van der Waals surface area contributed by atoms with Gasteiger partial charge in [0.1, 0.15) is 5.75 Å². The molecule has 1 aromatic rings. The fourth-order valence-electron chi connectivity index (χ4n) is 1.92. The van der Waals surface area contributed by atoms with Crippen LogP contribution in [0.25, 0.3) is 0 Å². The lowest BCUT2D eigenvalue weighted by Crippen LogP contribution is -2.19. The van der Waals surface area contributed by atoms with E-state index in [1.165, 1.54) is 12.1 Å². The lowest BCUT2D eigenvalue weighted by molar-refractivity contribution is 0.415. The third kappa shape index (κ3) is 4.40. The van der Waals surface area contributed by atoms with E-state index in [-0.39, 0.29) is 10.9 Å². The summed E-state index contributed by atoms with van der Waals surface area (Å²) in [4.78, 5) is 0.0853. The van der Waals surface area contributed by atoms with Gasteiger partial charge in [-0.25, -0.2) is 13.6 Å². The first-order chi connectivity index (χ1) is 8.92. The Morgan fingerprint density at radius 3 is 2.53 bits per heavy atom. The van der Waals surface area contributed by atoms with Crippen molar-refractivity contribution in [1.82, 2.24) is 0 Å². The Hall–Kier alpha value is -1.27. The summed E-state index contributed by atoms with van der Waals surface area (Å²) in [5, 5.41) is 8.46. The Balaban J connectivity index is 3.09. The predicted octanol–water partition coefficient (Wildman–Crippen LogP) is 2.33. The number of methoxy groups -OCH3 is 1. The van der Waals surface area contributed by atoms with Crippen LogP contribution >= 0.6 is 0 Å². The highest BCUT2D eigenvalue weighted by Crippen LogP contribution is 2.28. The van der Waals surface area contributed by atoms with Gasteiger partial charge in [0.25, 0.3) is 0 Å². The zero-order chi connectivity index (χ0) is 14.5. The van der Waals surface area contributed by atoms with Crippen LogP contribution in [0.4, 0.5) is 5.69 Å². The van der Waals surface area contributed by atoms with Gasteiger partial charge < -0.3 is 10.1 Å². The van der Waals surface area contributed by atoms with E-state index in [4.69, 9.17) is 9.88 Å². The van der Waals surface area contributed by atoms with Gasteiger partial charge in [0, 0.05) is 6.04 Å². The minimum Gasteiger partial charge on any atom is -0.495 e. The second-order valence-electron chi connectivity index (χ2n) is 4.45. The molecule has 0 aliphatic heterocycles. The first kappa shape index (κ1) is 15.8. The Labute approximate surface area is 115 Å². The summed E-state index contributed by atoms with van der Waals surface area (Å²) in [6.07, 6.45) is 3.03. The molecule has 19 heavy (non-hydrogen) atoms. The maximum absolute atomic E-state index is 11.4. The number of hydrogen-bond donors (Lipinski definition) is 2. The first-order valence-electron chi connectivity index (χ1n) is 6.39. The van der Waals surface area contributed by atoms with Crippen LogP contribution in [0.5, 0.6) is 5.75 Å². The van der Waals surface area contributed by atoms with Crippen molar-refractivity contribution in [3.8, 4) is 5.75 Å². The minimum atomic E-state index is -3.70. The van der Waals surface area contributed by atoms with Gasteiger partial charge in [-0.2, -0.15) is 0 Å². The van der Waals surface area contributed by atoms with E-state index in [0.717, 1.165) is 19.3 Å². The van der Waals surface area contributed by atoms with Gasteiger partial charge in [0.2, 0.25) is 10.0 Å². The van der Waals surface area contributed by atoms with Crippen LogP contribution < -0.4 is 15.2 Å². The quantitative estimate of drug-likeness (QED) is 0.806. The zero-order valence-electron chi connectivity index (χ0n) is 11.6. The predicted molar refractivity (Wildman–Crippen MR) is 77.0 cm³/mol. The molecule has 1 atom stereocenters. The molecule has 0 amide bonds. The largest absolute Gasteiger partial charge is 0.495 e. The van der Waals surface area contributed by atoms with Gasteiger partial charge in [-0.15, -0.1) is 0 Å². The molecular formula is C13H22N2O3S. The third-order valence-electron chi connectivity index (χ3n) is 2.99. The molecule has 0 fully saturated rings. The minimum absolute atomic E-state index is 0.0853. The van der Waals surface area contributed by atoms with Crippen LogP contribution in [0.1, 0.15) is 33.1 Å². The average molecular weight is 286 g/mol. The number of anilines is 1.